The lowest BCUT2D eigenvalue weighted by atomic mass is 10.1. The maximum Gasteiger partial charge on any atom is 0.0892 e. The zero-order valence-corrected chi connectivity index (χ0v) is 17.2. The van der Waals surface area contributed by atoms with Crippen LogP contribution in [0.3, 0.4) is 0 Å². The van der Waals surface area contributed by atoms with Crippen LogP contribution in [0.15, 0.2) is 47.5 Å². The average molecular weight is 337 g/mol. The van der Waals surface area contributed by atoms with Crippen LogP contribution in [0.25, 0.3) is 0 Å². The summed E-state index contributed by atoms with van der Waals surface area (Å²) in [4.78, 5) is 0. The molecule has 0 atom stereocenters. The van der Waals surface area contributed by atoms with Crippen molar-refractivity contribution in [3.8, 4) is 0 Å². The van der Waals surface area contributed by atoms with Gasteiger partial charge in [0.05, 0.1) is 24.7 Å². The van der Waals surface area contributed by atoms with Gasteiger partial charge in [-0.15, -0.1) is 0 Å². The molecule has 0 aromatic carbocycles. The molecule has 0 fully saturated rings. The maximum absolute atomic E-state index is 5.29. The van der Waals surface area contributed by atoms with Gasteiger partial charge in [-0.05, 0) is 66.4 Å². The Morgan fingerprint density at radius 1 is 0.792 bits per heavy atom. The monoisotopic (exact) mass is 336 g/mol. The molecule has 0 heterocycles. The van der Waals surface area contributed by atoms with Gasteiger partial charge < -0.3 is 9.47 Å². The zero-order valence-electron chi connectivity index (χ0n) is 17.2. The Labute approximate surface area is 151 Å². The van der Waals surface area contributed by atoms with Crippen molar-refractivity contribution in [2.45, 2.75) is 80.6 Å². The van der Waals surface area contributed by atoms with Gasteiger partial charge in [0.2, 0.25) is 0 Å². The van der Waals surface area contributed by atoms with Crippen molar-refractivity contribution in [3.63, 3.8) is 0 Å². The first-order valence-electron chi connectivity index (χ1n) is 9.32. The number of hydrogen-bond donors (Lipinski definition) is 0. The minimum Gasteiger partial charge on any atom is -0.499 e. The van der Waals surface area contributed by atoms with E-state index in [2.05, 4.69) is 52.5 Å². The molecule has 0 aliphatic rings. The van der Waals surface area contributed by atoms with Crippen molar-refractivity contribution in [3.05, 3.63) is 47.5 Å². The van der Waals surface area contributed by atoms with Gasteiger partial charge in [-0.25, -0.2) is 0 Å². The Bertz CT molecular complexity index is 400. The van der Waals surface area contributed by atoms with Crippen LogP contribution in [0.5, 0.6) is 0 Å². The van der Waals surface area contributed by atoms with E-state index in [0.29, 0.717) is 0 Å². The molecule has 140 valence electrons. The topological polar surface area (TPSA) is 18.5 Å². The van der Waals surface area contributed by atoms with Crippen LogP contribution in [-0.4, -0.2) is 13.2 Å². The Kier molecular flexibility index (Phi) is 18.5. The summed E-state index contributed by atoms with van der Waals surface area (Å²) in [5, 5.41) is 0. The summed E-state index contributed by atoms with van der Waals surface area (Å²) >= 11 is 0. The summed E-state index contributed by atoms with van der Waals surface area (Å²) in [5.74, 6) is 1.93. The average Bonchev–Trinajstić information content (AvgIpc) is 2.55. The molecule has 0 bridgehead atoms. The number of allylic oxidation sites excluding steroid dienone is 7. The van der Waals surface area contributed by atoms with E-state index in [1.54, 1.807) is 0 Å². The highest BCUT2D eigenvalue weighted by atomic mass is 16.5. The normalized spacial score (nSPS) is 12.4. The third-order valence-corrected chi connectivity index (χ3v) is 3.62. The fraction of sp³-hybridized carbons (Fsp3) is 0.636. The minimum absolute atomic E-state index is 0.731. The molecule has 0 spiro atoms. The van der Waals surface area contributed by atoms with Crippen LogP contribution in [0.2, 0.25) is 0 Å². The largest absolute Gasteiger partial charge is 0.499 e. The van der Waals surface area contributed by atoms with Gasteiger partial charge in [-0.2, -0.15) is 0 Å². The lowest BCUT2D eigenvalue weighted by Crippen LogP contribution is -1.89. The molecule has 0 aliphatic heterocycles. The quantitative estimate of drug-likeness (QED) is 0.290. The van der Waals surface area contributed by atoms with E-state index in [0.717, 1.165) is 56.8 Å². The lowest BCUT2D eigenvalue weighted by Gasteiger charge is -2.04. The Hall–Kier alpha value is -1.44. The smallest absolute Gasteiger partial charge is 0.0892 e. The number of hydrogen-bond acceptors (Lipinski definition) is 2. The molecule has 0 radical (unpaired) electrons. The van der Waals surface area contributed by atoms with E-state index in [1.165, 1.54) is 11.1 Å². The fourth-order valence-electron chi connectivity index (χ4n) is 1.76. The highest BCUT2D eigenvalue weighted by molar-refractivity contribution is 5.03. The first-order chi connectivity index (χ1) is 11.4. The first kappa shape index (κ1) is 24.8. The first-order valence-corrected chi connectivity index (χ1v) is 9.32. The molecular weight excluding hydrogens is 296 g/mol. The van der Waals surface area contributed by atoms with Crippen LogP contribution >= 0.6 is 0 Å². The fourth-order valence-corrected chi connectivity index (χ4v) is 1.76. The van der Waals surface area contributed by atoms with Crippen LogP contribution in [0, 0.1) is 0 Å². The predicted octanol–water partition coefficient (Wildman–Crippen LogP) is 7.35. The molecule has 2 nitrogen and oxygen atoms in total. The van der Waals surface area contributed by atoms with E-state index >= 15 is 0 Å². The molecule has 0 saturated heterocycles. The summed E-state index contributed by atoms with van der Waals surface area (Å²) in [6, 6.07) is 0. The van der Waals surface area contributed by atoms with Gasteiger partial charge >= 0.3 is 0 Å². The summed E-state index contributed by atoms with van der Waals surface area (Å²) in [6.07, 6.45) is 11.9. The molecule has 0 aromatic heterocycles. The zero-order chi connectivity index (χ0) is 18.8. The second kappa shape index (κ2) is 17.9. The third-order valence-electron chi connectivity index (χ3n) is 3.62. The van der Waals surface area contributed by atoms with Gasteiger partial charge in [0, 0.05) is 6.42 Å². The van der Waals surface area contributed by atoms with Crippen molar-refractivity contribution in [2.75, 3.05) is 13.2 Å². The summed E-state index contributed by atoms with van der Waals surface area (Å²) in [6.45, 7) is 20.0. The third kappa shape index (κ3) is 18.6. The van der Waals surface area contributed by atoms with E-state index in [-0.39, 0.29) is 0 Å². The second-order valence-corrected chi connectivity index (χ2v) is 5.80. The van der Waals surface area contributed by atoms with Gasteiger partial charge in [0.15, 0.2) is 0 Å². The SMILES string of the molecule is C=C(CC/C=C(\C)CC)OCC.CCO/C(C)=C/C/C=C(\C)CC. The number of rotatable bonds is 11. The lowest BCUT2D eigenvalue weighted by molar-refractivity contribution is 0.220. The van der Waals surface area contributed by atoms with Gasteiger partial charge in [0.25, 0.3) is 0 Å². The van der Waals surface area contributed by atoms with E-state index in [9.17, 15) is 0 Å². The molecular formula is C22H40O2. The maximum atomic E-state index is 5.29. The van der Waals surface area contributed by atoms with Crippen molar-refractivity contribution in [2.24, 2.45) is 0 Å². The second-order valence-electron chi connectivity index (χ2n) is 5.80. The minimum atomic E-state index is 0.731. The van der Waals surface area contributed by atoms with Gasteiger partial charge in [-0.3, -0.25) is 0 Å². The van der Waals surface area contributed by atoms with Crippen molar-refractivity contribution < 1.29 is 9.47 Å². The van der Waals surface area contributed by atoms with Crippen LogP contribution in [0.1, 0.15) is 80.6 Å². The van der Waals surface area contributed by atoms with E-state index in [1.807, 2.05) is 20.8 Å². The predicted molar refractivity (Wildman–Crippen MR) is 108 cm³/mol. The molecule has 0 saturated carbocycles. The Balaban J connectivity index is 0. The molecule has 0 rings (SSSR count). The van der Waals surface area contributed by atoms with Crippen LogP contribution in [-0.2, 0) is 9.47 Å². The highest BCUT2D eigenvalue weighted by Gasteiger charge is 1.91. The summed E-state index contributed by atoms with van der Waals surface area (Å²) in [7, 11) is 0. The number of ether oxygens (including phenoxy) is 2. The summed E-state index contributed by atoms with van der Waals surface area (Å²) in [5.41, 5.74) is 2.88. The molecule has 2 heteroatoms. The van der Waals surface area contributed by atoms with Crippen molar-refractivity contribution in [1.82, 2.24) is 0 Å². The highest BCUT2D eigenvalue weighted by Crippen LogP contribution is 2.08. The molecule has 0 unspecified atom stereocenters. The van der Waals surface area contributed by atoms with Gasteiger partial charge in [-0.1, -0.05) is 43.7 Å². The summed E-state index contributed by atoms with van der Waals surface area (Å²) < 4.78 is 10.5. The van der Waals surface area contributed by atoms with Gasteiger partial charge in [0.1, 0.15) is 0 Å². The van der Waals surface area contributed by atoms with Crippen molar-refractivity contribution in [1.29, 1.82) is 0 Å². The molecule has 0 aliphatic carbocycles. The molecule has 24 heavy (non-hydrogen) atoms. The van der Waals surface area contributed by atoms with E-state index < -0.39 is 0 Å². The Morgan fingerprint density at radius 2 is 1.33 bits per heavy atom. The van der Waals surface area contributed by atoms with Crippen LogP contribution < -0.4 is 0 Å². The molecule has 0 amide bonds. The van der Waals surface area contributed by atoms with E-state index in [4.69, 9.17) is 9.47 Å². The van der Waals surface area contributed by atoms with Crippen LogP contribution in [0.4, 0.5) is 0 Å². The molecule has 0 aromatic rings. The Morgan fingerprint density at radius 3 is 1.83 bits per heavy atom. The van der Waals surface area contributed by atoms with Crippen molar-refractivity contribution >= 4 is 0 Å². The molecule has 0 N–H and O–H groups in total. The standard InChI is InChI=1S/2C11H20O/c2*1-5-10(3)8-7-9-11(4)12-6-2/h8-9H,5-7H2,1-4H3;8H,4-7,9H2,1-3H3/b10-8+,11-9+;10-8+.